The Bertz CT molecular complexity index is 314. The molecule has 0 radical (unpaired) electrons. The van der Waals surface area contributed by atoms with Gasteiger partial charge in [0.15, 0.2) is 0 Å². The number of hydrogen-bond donors (Lipinski definition) is 2. The molecule has 0 saturated carbocycles. The van der Waals surface area contributed by atoms with Crippen molar-refractivity contribution in [2.45, 2.75) is 20.1 Å². The minimum Gasteiger partial charge on any atom is -0.250 e. The van der Waals surface area contributed by atoms with Crippen molar-refractivity contribution >= 4 is 18.5 Å². The third-order valence-electron chi connectivity index (χ3n) is 1.80. The number of benzene rings is 1. The van der Waals surface area contributed by atoms with Crippen LogP contribution in [0.3, 0.4) is 0 Å². The van der Waals surface area contributed by atoms with Crippen LogP contribution in [0.2, 0.25) is 0 Å². The van der Waals surface area contributed by atoms with E-state index in [2.05, 4.69) is 23.1 Å². The second-order valence-corrected chi connectivity index (χ2v) is 3.03. The second kappa shape index (κ2) is 6.48. The van der Waals surface area contributed by atoms with Gasteiger partial charge < -0.3 is 0 Å². The summed E-state index contributed by atoms with van der Waals surface area (Å²) in [5, 5.41) is 0. The standard InChI is InChI=1S/C9H10N2OS.C2H6/c13-6-8-10-9(12-11-8)7-4-2-1-3-5-7;1-2/h1-5,9,13H,6H2,(H,10,11);1-2H3. The molecule has 0 aliphatic carbocycles. The lowest BCUT2D eigenvalue weighted by Crippen LogP contribution is -2.17. The molecule has 1 aliphatic rings. The van der Waals surface area contributed by atoms with Crippen molar-refractivity contribution in [3.8, 4) is 0 Å². The highest BCUT2D eigenvalue weighted by molar-refractivity contribution is 7.81. The van der Waals surface area contributed by atoms with Gasteiger partial charge in [0, 0.05) is 5.56 Å². The van der Waals surface area contributed by atoms with Crippen LogP contribution < -0.4 is 5.48 Å². The van der Waals surface area contributed by atoms with Gasteiger partial charge in [0.05, 0.1) is 5.75 Å². The van der Waals surface area contributed by atoms with Gasteiger partial charge in [0.2, 0.25) is 6.23 Å². The molecule has 4 heteroatoms. The van der Waals surface area contributed by atoms with E-state index in [1.165, 1.54) is 0 Å². The van der Waals surface area contributed by atoms with Gasteiger partial charge in [0.25, 0.3) is 0 Å². The first kappa shape index (κ1) is 12.1. The summed E-state index contributed by atoms with van der Waals surface area (Å²) in [6.45, 7) is 4.00. The Morgan fingerprint density at radius 3 is 2.53 bits per heavy atom. The average Bonchev–Trinajstić information content (AvgIpc) is 2.81. The number of nitrogens with one attached hydrogen (secondary N) is 1. The van der Waals surface area contributed by atoms with Crippen LogP contribution >= 0.6 is 12.6 Å². The van der Waals surface area contributed by atoms with Gasteiger partial charge in [-0.2, -0.15) is 12.6 Å². The zero-order chi connectivity index (χ0) is 11.1. The summed E-state index contributed by atoms with van der Waals surface area (Å²) in [5.74, 6) is 1.35. The van der Waals surface area contributed by atoms with Gasteiger partial charge in [-0.25, -0.2) is 15.3 Å². The van der Waals surface area contributed by atoms with E-state index >= 15 is 0 Å². The zero-order valence-electron chi connectivity index (χ0n) is 8.97. The van der Waals surface area contributed by atoms with Gasteiger partial charge in [0.1, 0.15) is 5.84 Å². The highest BCUT2D eigenvalue weighted by Crippen LogP contribution is 2.20. The summed E-state index contributed by atoms with van der Waals surface area (Å²) in [6, 6.07) is 9.86. The molecule has 0 amide bonds. The molecule has 1 aromatic rings. The highest BCUT2D eigenvalue weighted by Gasteiger charge is 2.17. The summed E-state index contributed by atoms with van der Waals surface area (Å²) < 4.78 is 0. The molecule has 15 heavy (non-hydrogen) atoms. The van der Waals surface area contributed by atoms with E-state index in [0.717, 1.165) is 11.4 Å². The topological polar surface area (TPSA) is 33.6 Å². The average molecular weight is 224 g/mol. The van der Waals surface area contributed by atoms with E-state index in [1.54, 1.807) is 0 Å². The van der Waals surface area contributed by atoms with Crippen molar-refractivity contribution in [1.29, 1.82) is 0 Å². The number of amidine groups is 1. The number of aliphatic imine (C=N–C) groups is 1. The number of rotatable bonds is 2. The van der Waals surface area contributed by atoms with Crippen molar-refractivity contribution in [2.24, 2.45) is 4.99 Å². The maximum atomic E-state index is 5.24. The lowest BCUT2D eigenvalue weighted by atomic mass is 10.2. The summed E-state index contributed by atoms with van der Waals surface area (Å²) >= 11 is 4.10. The van der Waals surface area contributed by atoms with Crippen LogP contribution in [0.15, 0.2) is 35.3 Å². The molecule has 0 spiro atoms. The van der Waals surface area contributed by atoms with Gasteiger partial charge in [-0.15, -0.1) is 0 Å². The first-order chi connectivity index (χ1) is 7.40. The minimum absolute atomic E-state index is 0.219. The molecule has 0 fully saturated rings. The Balaban J connectivity index is 0.000000531. The number of nitrogens with zero attached hydrogens (tertiary/aromatic N) is 1. The minimum atomic E-state index is -0.219. The molecule has 82 valence electrons. The lowest BCUT2D eigenvalue weighted by molar-refractivity contribution is 0.0375. The third kappa shape index (κ3) is 3.25. The largest absolute Gasteiger partial charge is 0.250 e. The molecule has 0 saturated heterocycles. The van der Waals surface area contributed by atoms with Crippen molar-refractivity contribution in [3.63, 3.8) is 0 Å². The Labute approximate surface area is 95.9 Å². The maximum absolute atomic E-state index is 5.24. The SMILES string of the molecule is CC.SCC1=NC(c2ccccc2)ON1. The zero-order valence-corrected chi connectivity index (χ0v) is 9.87. The number of thiol groups is 1. The van der Waals surface area contributed by atoms with E-state index in [-0.39, 0.29) is 6.23 Å². The summed E-state index contributed by atoms with van der Waals surface area (Å²) in [5.41, 5.74) is 3.78. The molecular weight excluding hydrogens is 208 g/mol. The first-order valence-corrected chi connectivity index (χ1v) is 5.67. The first-order valence-electron chi connectivity index (χ1n) is 5.04. The monoisotopic (exact) mass is 224 g/mol. The van der Waals surface area contributed by atoms with E-state index in [4.69, 9.17) is 4.84 Å². The van der Waals surface area contributed by atoms with Gasteiger partial charge in [-0.05, 0) is 0 Å². The highest BCUT2D eigenvalue weighted by atomic mass is 32.1. The van der Waals surface area contributed by atoms with E-state index < -0.39 is 0 Å². The van der Waals surface area contributed by atoms with Crippen LogP contribution in [0.4, 0.5) is 0 Å². The van der Waals surface area contributed by atoms with Crippen molar-refractivity contribution in [1.82, 2.24) is 5.48 Å². The fourth-order valence-corrected chi connectivity index (χ4v) is 1.30. The van der Waals surface area contributed by atoms with E-state index in [1.807, 2.05) is 44.2 Å². The lowest BCUT2D eigenvalue weighted by Gasteiger charge is -2.04. The van der Waals surface area contributed by atoms with Crippen LogP contribution in [0.5, 0.6) is 0 Å². The van der Waals surface area contributed by atoms with Crippen LogP contribution in [0.25, 0.3) is 0 Å². The van der Waals surface area contributed by atoms with Crippen molar-refractivity contribution in [2.75, 3.05) is 5.75 Å². The second-order valence-electron chi connectivity index (χ2n) is 2.72. The third-order valence-corrected chi connectivity index (χ3v) is 2.10. The Morgan fingerprint density at radius 2 is 2.00 bits per heavy atom. The van der Waals surface area contributed by atoms with Crippen LogP contribution in [0.1, 0.15) is 25.6 Å². The van der Waals surface area contributed by atoms with E-state index in [0.29, 0.717) is 5.75 Å². The predicted octanol–water partition coefficient (Wildman–Crippen LogP) is 2.57. The number of hydroxylamine groups is 1. The van der Waals surface area contributed by atoms with Crippen molar-refractivity contribution < 1.29 is 4.84 Å². The molecule has 3 nitrogen and oxygen atoms in total. The van der Waals surface area contributed by atoms with Gasteiger partial charge >= 0.3 is 0 Å². The van der Waals surface area contributed by atoms with Crippen LogP contribution in [0, 0.1) is 0 Å². The summed E-state index contributed by atoms with van der Waals surface area (Å²) in [6.07, 6.45) is -0.219. The van der Waals surface area contributed by atoms with Crippen molar-refractivity contribution in [3.05, 3.63) is 35.9 Å². The summed E-state index contributed by atoms with van der Waals surface area (Å²) in [7, 11) is 0. The molecule has 1 heterocycles. The number of hydrogen-bond acceptors (Lipinski definition) is 4. The van der Waals surface area contributed by atoms with Crippen LogP contribution in [-0.2, 0) is 4.84 Å². The van der Waals surface area contributed by atoms with E-state index in [9.17, 15) is 0 Å². The van der Waals surface area contributed by atoms with Crippen LogP contribution in [-0.4, -0.2) is 11.6 Å². The van der Waals surface area contributed by atoms with Gasteiger partial charge in [-0.3, -0.25) is 0 Å². The maximum Gasteiger partial charge on any atom is 0.202 e. The molecule has 0 bridgehead atoms. The Morgan fingerprint density at radius 1 is 1.33 bits per heavy atom. The molecule has 1 unspecified atom stereocenters. The normalized spacial score (nSPS) is 18.6. The predicted molar refractivity (Wildman–Crippen MR) is 66.0 cm³/mol. The molecule has 1 atom stereocenters. The quantitative estimate of drug-likeness (QED) is 0.757. The van der Waals surface area contributed by atoms with Gasteiger partial charge in [-0.1, -0.05) is 44.2 Å². The Hall–Kier alpha value is -1.00. The molecule has 1 aromatic carbocycles. The fourth-order valence-electron chi connectivity index (χ4n) is 1.15. The summed E-state index contributed by atoms with van der Waals surface area (Å²) in [4.78, 5) is 9.52. The molecule has 1 N–H and O–H groups in total. The molecule has 0 aromatic heterocycles. The molecule has 2 rings (SSSR count). The molecule has 1 aliphatic heterocycles. The molecular formula is C11H16N2OS. The Kier molecular flexibility index (Phi) is 5.21. The smallest absolute Gasteiger partial charge is 0.202 e. The fraction of sp³-hybridized carbons (Fsp3) is 0.364.